The molecule has 0 unspecified atom stereocenters. The molecule has 2 aliphatic rings. The Morgan fingerprint density at radius 3 is 2.72 bits per heavy atom. The van der Waals surface area contributed by atoms with Crippen molar-refractivity contribution in [3.63, 3.8) is 0 Å². The van der Waals surface area contributed by atoms with Crippen LogP contribution in [0.4, 0.5) is 5.13 Å². The summed E-state index contributed by atoms with van der Waals surface area (Å²) in [6, 6.07) is 0. The van der Waals surface area contributed by atoms with Gasteiger partial charge in [-0.25, -0.2) is 0 Å². The number of rotatable bonds is 7. The third kappa shape index (κ3) is 5.74. The van der Waals surface area contributed by atoms with Gasteiger partial charge in [-0.05, 0) is 38.1 Å². The van der Waals surface area contributed by atoms with Gasteiger partial charge >= 0.3 is 0 Å². The Kier molecular flexibility index (Phi) is 6.36. The molecule has 0 spiro atoms. The molecule has 0 atom stereocenters. The van der Waals surface area contributed by atoms with E-state index >= 15 is 0 Å². The van der Waals surface area contributed by atoms with Gasteiger partial charge in [-0.1, -0.05) is 18.3 Å². The first-order valence-electron chi connectivity index (χ1n) is 9.26. The molecule has 0 aromatic carbocycles. The molecule has 1 saturated carbocycles. The quantitative estimate of drug-likeness (QED) is 0.797. The van der Waals surface area contributed by atoms with Gasteiger partial charge in [0.2, 0.25) is 16.9 Å². The minimum Gasteiger partial charge on any atom is -0.341 e. The zero-order chi connectivity index (χ0) is 17.6. The van der Waals surface area contributed by atoms with Gasteiger partial charge in [0.15, 0.2) is 0 Å². The van der Waals surface area contributed by atoms with Gasteiger partial charge < -0.3 is 15.1 Å². The summed E-state index contributed by atoms with van der Waals surface area (Å²) < 4.78 is 0. The lowest BCUT2D eigenvalue weighted by Crippen LogP contribution is -2.36. The minimum absolute atomic E-state index is 0.0786. The molecule has 25 heavy (non-hydrogen) atoms. The molecule has 1 N–H and O–H groups in total. The Balaban J connectivity index is 1.38. The molecule has 1 aliphatic heterocycles. The van der Waals surface area contributed by atoms with Crippen LogP contribution < -0.4 is 5.32 Å². The van der Waals surface area contributed by atoms with Crippen LogP contribution in [-0.2, 0) is 16.0 Å². The first-order valence-corrected chi connectivity index (χ1v) is 10.1. The predicted octanol–water partition coefficient (Wildman–Crippen LogP) is 1.76. The molecule has 3 rings (SSSR count). The topological polar surface area (TPSA) is 78.4 Å². The van der Waals surface area contributed by atoms with E-state index in [0.29, 0.717) is 5.13 Å². The van der Waals surface area contributed by atoms with E-state index in [1.54, 1.807) is 0 Å². The second-order valence-corrected chi connectivity index (χ2v) is 7.94. The summed E-state index contributed by atoms with van der Waals surface area (Å²) >= 11 is 1.38. The average molecular weight is 366 g/mol. The molecule has 7 nitrogen and oxygen atoms in total. The van der Waals surface area contributed by atoms with Crippen LogP contribution in [0.1, 0.15) is 44.0 Å². The number of nitrogens with zero attached hydrogens (tertiary/aromatic N) is 4. The molecule has 2 fully saturated rings. The van der Waals surface area contributed by atoms with Crippen molar-refractivity contribution in [1.82, 2.24) is 20.0 Å². The number of carbonyl (C=O) groups excluding carboxylic acids is 2. The van der Waals surface area contributed by atoms with Gasteiger partial charge in [0.25, 0.3) is 0 Å². The average Bonchev–Trinajstić information content (AvgIpc) is 3.36. The Labute approximate surface area is 152 Å². The summed E-state index contributed by atoms with van der Waals surface area (Å²) in [6.07, 6.45) is 5.01. The maximum Gasteiger partial charge on any atom is 0.226 e. The van der Waals surface area contributed by atoms with Crippen molar-refractivity contribution in [3.8, 4) is 0 Å². The Morgan fingerprint density at radius 2 is 2.00 bits per heavy atom. The molecule has 1 aliphatic carbocycles. The first kappa shape index (κ1) is 18.3. The second-order valence-electron chi connectivity index (χ2n) is 6.88. The number of hydrogen-bond donors (Lipinski definition) is 1. The van der Waals surface area contributed by atoms with E-state index in [1.165, 1.54) is 30.7 Å². The smallest absolute Gasteiger partial charge is 0.226 e. The van der Waals surface area contributed by atoms with Crippen molar-refractivity contribution < 1.29 is 9.59 Å². The van der Waals surface area contributed by atoms with Crippen molar-refractivity contribution in [2.75, 3.05) is 38.0 Å². The Morgan fingerprint density at radius 1 is 1.16 bits per heavy atom. The van der Waals surface area contributed by atoms with E-state index in [0.717, 1.165) is 49.9 Å². The summed E-state index contributed by atoms with van der Waals surface area (Å²) in [5, 5.41) is 12.0. The largest absolute Gasteiger partial charge is 0.341 e. The summed E-state index contributed by atoms with van der Waals surface area (Å²) in [6.45, 7) is 6.81. The lowest BCUT2D eigenvalue weighted by Gasteiger charge is -2.21. The zero-order valence-corrected chi connectivity index (χ0v) is 15.7. The van der Waals surface area contributed by atoms with Crippen LogP contribution in [0.5, 0.6) is 0 Å². The predicted molar refractivity (Wildman–Crippen MR) is 97.5 cm³/mol. The van der Waals surface area contributed by atoms with Crippen LogP contribution in [0.2, 0.25) is 0 Å². The maximum absolute atomic E-state index is 12.4. The maximum atomic E-state index is 12.4. The molecule has 1 aromatic heterocycles. The first-order chi connectivity index (χ1) is 12.1. The SMILES string of the molecule is CCc1nnc(NC(=O)CCC(=O)N2CCCN(CC3CC3)CC2)s1. The Bertz CT molecular complexity index is 602. The van der Waals surface area contributed by atoms with Crippen LogP contribution in [-0.4, -0.2) is 64.5 Å². The Hall–Kier alpha value is -1.54. The summed E-state index contributed by atoms with van der Waals surface area (Å²) in [4.78, 5) is 28.8. The number of anilines is 1. The van der Waals surface area contributed by atoms with Crippen molar-refractivity contribution >= 4 is 28.3 Å². The molecule has 0 radical (unpaired) electrons. The molecule has 138 valence electrons. The van der Waals surface area contributed by atoms with Gasteiger partial charge in [0.1, 0.15) is 5.01 Å². The zero-order valence-electron chi connectivity index (χ0n) is 14.9. The minimum atomic E-state index is -0.169. The third-order valence-corrected chi connectivity index (χ3v) is 5.72. The highest BCUT2D eigenvalue weighted by molar-refractivity contribution is 7.15. The summed E-state index contributed by atoms with van der Waals surface area (Å²) in [7, 11) is 0. The van der Waals surface area contributed by atoms with Crippen molar-refractivity contribution in [3.05, 3.63) is 5.01 Å². The highest BCUT2D eigenvalue weighted by atomic mass is 32.1. The number of hydrogen-bond acceptors (Lipinski definition) is 6. The van der Waals surface area contributed by atoms with Crippen LogP contribution in [0.3, 0.4) is 0 Å². The van der Waals surface area contributed by atoms with E-state index < -0.39 is 0 Å². The van der Waals surface area contributed by atoms with Crippen LogP contribution in [0.25, 0.3) is 0 Å². The monoisotopic (exact) mass is 365 g/mol. The molecule has 1 saturated heterocycles. The normalized spacial score (nSPS) is 18.8. The second kappa shape index (κ2) is 8.71. The highest BCUT2D eigenvalue weighted by Crippen LogP contribution is 2.29. The summed E-state index contributed by atoms with van der Waals surface area (Å²) in [5.41, 5.74) is 0. The molecular formula is C17H27N5O2S. The van der Waals surface area contributed by atoms with Crippen LogP contribution in [0, 0.1) is 5.92 Å². The van der Waals surface area contributed by atoms with Gasteiger partial charge in [-0.3, -0.25) is 9.59 Å². The van der Waals surface area contributed by atoms with Gasteiger partial charge in [-0.2, -0.15) is 0 Å². The molecule has 2 heterocycles. The van der Waals surface area contributed by atoms with Crippen LogP contribution in [0.15, 0.2) is 0 Å². The summed E-state index contributed by atoms with van der Waals surface area (Å²) in [5.74, 6) is 0.798. The van der Waals surface area contributed by atoms with Gasteiger partial charge in [0, 0.05) is 39.0 Å². The number of aromatic nitrogens is 2. The lowest BCUT2D eigenvalue weighted by molar-refractivity contribution is -0.132. The van der Waals surface area contributed by atoms with E-state index in [9.17, 15) is 9.59 Å². The molecule has 0 bridgehead atoms. The number of nitrogens with one attached hydrogen (secondary N) is 1. The lowest BCUT2D eigenvalue weighted by atomic mass is 10.2. The van der Waals surface area contributed by atoms with Crippen molar-refractivity contribution in [1.29, 1.82) is 0 Å². The molecule has 8 heteroatoms. The van der Waals surface area contributed by atoms with E-state index in [4.69, 9.17) is 0 Å². The van der Waals surface area contributed by atoms with Crippen LogP contribution >= 0.6 is 11.3 Å². The van der Waals surface area contributed by atoms with Crippen molar-refractivity contribution in [2.45, 2.75) is 45.4 Å². The van der Waals surface area contributed by atoms with E-state index in [2.05, 4.69) is 20.4 Å². The van der Waals surface area contributed by atoms with Gasteiger partial charge in [0.05, 0.1) is 0 Å². The molecule has 1 aromatic rings. The van der Waals surface area contributed by atoms with Crippen molar-refractivity contribution in [2.24, 2.45) is 5.92 Å². The standard InChI is InChI=1S/C17H27N5O2S/c1-2-15-19-20-17(25-15)18-14(23)6-7-16(24)22-9-3-8-21(10-11-22)12-13-4-5-13/h13H,2-12H2,1H3,(H,18,20,23). The third-order valence-electron chi connectivity index (χ3n) is 4.74. The number of aryl methyl sites for hydroxylation is 1. The number of carbonyl (C=O) groups is 2. The van der Waals surface area contributed by atoms with E-state index in [-0.39, 0.29) is 24.7 Å². The molecule has 2 amide bonds. The number of amides is 2. The fourth-order valence-electron chi connectivity index (χ4n) is 3.08. The highest BCUT2D eigenvalue weighted by Gasteiger charge is 2.26. The fourth-order valence-corrected chi connectivity index (χ4v) is 3.77. The van der Waals surface area contributed by atoms with E-state index in [1.807, 2.05) is 11.8 Å². The fraction of sp³-hybridized carbons (Fsp3) is 0.765. The molecular weight excluding hydrogens is 338 g/mol. The van der Waals surface area contributed by atoms with Gasteiger partial charge in [-0.15, -0.1) is 10.2 Å².